The van der Waals surface area contributed by atoms with Crippen LogP contribution in [0.2, 0.25) is 0 Å². The Hall–Kier alpha value is -0.120. The van der Waals surface area contributed by atoms with Gasteiger partial charge < -0.3 is 9.94 Å². The standard InChI is InChI=1S/C6H15NO2/c1-6(2,3)5(8)4-9-7/h5,8H,4,7H2,1-3H3. The molecule has 3 heteroatoms. The van der Waals surface area contributed by atoms with Gasteiger partial charge in [-0.15, -0.1) is 0 Å². The second-order valence-corrected chi connectivity index (χ2v) is 3.22. The number of aliphatic hydroxyl groups is 1. The van der Waals surface area contributed by atoms with Gasteiger partial charge in [0, 0.05) is 0 Å². The molecule has 1 unspecified atom stereocenters. The molecule has 0 aliphatic carbocycles. The molecular formula is C6H15NO2. The third-order valence-corrected chi connectivity index (χ3v) is 1.25. The Morgan fingerprint density at radius 2 is 2.00 bits per heavy atom. The van der Waals surface area contributed by atoms with E-state index in [1.807, 2.05) is 20.8 Å². The monoisotopic (exact) mass is 133 g/mol. The third-order valence-electron chi connectivity index (χ3n) is 1.25. The molecule has 0 bridgehead atoms. The van der Waals surface area contributed by atoms with Gasteiger partial charge in [-0.3, -0.25) is 0 Å². The molecule has 0 aromatic rings. The van der Waals surface area contributed by atoms with E-state index in [9.17, 15) is 5.11 Å². The summed E-state index contributed by atoms with van der Waals surface area (Å²) in [5.74, 6) is 4.77. The van der Waals surface area contributed by atoms with Crippen molar-refractivity contribution in [2.24, 2.45) is 11.3 Å². The molecule has 0 aliphatic heterocycles. The van der Waals surface area contributed by atoms with Crippen molar-refractivity contribution in [3.63, 3.8) is 0 Å². The average molecular weight is 133 g/mol. The Labute approximate surface area is 55.8 Å². The smallest absolute Gasteiger partial charge is 0.0943 e. The minimum absolute atomic E-state index is 0.140. The van der Waals surface area contributed by atoms with E-state index in [2.05, 4.69) is 4.84 Å². The molecule has 3 nitrogen and oxygen atoms in total. The summed E-state index contributed by atoms with van der Waals surface area (Å²) < 4.78 is 0. The van der Waals surface area contributed by atoms with Crippen molar-refractivity contribution < 1.29 is 9.94 Å². The molecular weight excluding hydrogens is 118 g/mol. The summed E-state index contributed by atoms with van der Waals surface area (Å²) in [6, 6.07) is 0. The molecule has 0 amide bonds. The van der Waals surface area contributed by atoms with Crippen molar-refractivity contribution in [3.8, 4) is 0 Å². The number of rotatable bonds is 2. The highest BCUT2D eigenvalue weighted by Gasteiger charge is 2.21. The van der Waals surface area contributed by atoms with E-state index in [-0.39, 0.29) is 12.0 Å². The van der Waals surface area contributed by atoms with E-state index in [1.54, 1.807) is 0 Å². The first-order chi connectivity index (χ1) is 3.98. The first-order valence-electron chi connectivity index (χ1n) is 2.98. The van der Waals surface area contributed by atoms with Crippen LogP contribution in [-0.2, 0) is 4.84 Å². The zero-order valence-corrected chi connectivity index (χ0v) is 6.22. The van der Waals surface area contributed by atoms with Crippen LogP contribution in [0, 0.1) is 5.41 Å². The largest absolute Gasteiger partial charge is 0.390 e. The Kier molecular flexibility index (Phi) is 3.11. The lowest BCUT2D eigenvalue weighted by Gasteiger charge is -2.24. The fourth-order valence-corrected chi connectivity index (χ4v) is 0.341. The predicted octanol–water partition coefficient (Wildman–Crippen LogP) is 0.284. The van der Waals surface area contributed by atoms with Crippen molar-refractivity contribution in [2.75, 3.05) is 6.61 Å². The van der Waals surface area contributed by atoms with Gasteiger partial charge in [-0.1, -0.05) is 20.8 Å². The van der Waals surface area contributed by atoms with E-state index in [1.165, 1.54) is 0 Å². The molecule has 0 fully saturated rings. The van der Waals surface area contributed by atoms with Gasteiger partial charge in [0.2, 0.25) is 0 Å². The quantitative estimate of drug-likeness (QED) is 0.532. The van der Waals surface area contributed by atoms with Crippen molar-refractivity contribution >= 4 is 0 Å². The van der Waals surface area contributed by atoms with Gasteiger partial charge >= 0.3 is 0 Å². The van der Waals surface area contributed by atoms with Crippen LogP contribution in [-0.4, -0.2) is 17.8 Å². The lowest BCUT2D eigenvalue weighted by molar-refractivity contribution is -0.0211. The van der Waals surface area contributed by atoms with Gasteiger partial charge in [-0.05, 0) is 5.41 Å². The van der Waals surface area contributed by atoms with Crippen LogP contribution < -0.4 is 5.90 Å². The fourth-order valence-electron chi connectivity index (χ4n) is 0.341. The second-order valence-electron chi connectivity index (χ2n) is 3.22. The lowest BCUT2D eigenvalue weighted by atomic mass is 9.90. The summed E-state index contributed by atoms with van der Waals surface area (Å²) >= 11 is 0. The second kappa shape index (κ2) is 3.15. The molecule has 0 spiro atoms. The van der Waals surface area contributed by atoms with Crippen LogP contribution in [0.1, 0.15) is 20.8 Å². The highest BCUT2D eigenvalue weighted by atomic mass is 16.6. The molecule has 0 saturated carbocycles. The van der Waals surface area contributed by atoms with Crippen LogP contribution >= 0.6 is 0 Å². The fraction of sp³-hybridized carbons (Fsp3) is 1.00. The molecule has 56 valence electrons. The van der Waals surface area contributed by atoms with Crippen LogP contribution in [0.5, 0.6) is 0 Å². The van der Waals surface area contributed by atoms with Crippen molar-refractivity contribution in [3.05, 3.63) is 0 Å². The van der Waals surface area contributed by atoms with E-state index in [0.29, 0.717) is 0 Å². The van der Waals surface area contributed by atoms with E-state index in [4.69, 9.17) is 5.90 Å². The molecule has 0 saturated heterocycles. The molecule has 0 aromatic heterocycles. The normalized spacial score (nSPS) is 15.7. The Morgan fingerprint density at radius 3 is 2.11 bits per heavy atom. The molecule has 1 atom stereocenters. The molecule has 0 rings (SSSR count). The first-order valence-corrected chi connectivity index (χ1v) is 2.98. The Morgan fingerprint density at radius 1 is 1.56 bits per heavy atom. The minimum Gasteiger partial charge on any atom is -0.390 e. The maximum absolute atomic E-state index is 9.18. The summed E-state index contributed by atoms with van der Waals surface area (Å²) in [5, 5.41) is 9.18. The molecule has 0 radical (unpaired) electrons. The van der Waals surface area contributed by atoms with Crippen molar-refractivity contribution in [1.82, 2.24) is 0 Å². The van der Waals surface area contributed by atoms with Crippen molar-refractivity contribution in [1.29, 1.82) is 0 Å². The highest BCUT2D eigenvalue weighted by Crippen LogP contribution is 2.18. The van der Waals surface area contributed by atoms with Gasteiger partial charge in [-0.2, -0.15) is 0 Å². The predicted molar refractivity (Wildman–Crippen MR) is 35.6 cm³/mol. The van der Waals surface area contributed by atoms with Crippen LogP contribution in [0.15, 0.2) is 0 Å². The van der Waals surface area contributed by atoms with E-state index in [0.717, 1.165) is 0 Å². The zero-order valence-electron chi connectivity index (χ0n) is 6.22. The topological polar surface area (TPSA) is 55.5 Å². The summed E-state index contributed by atoms with van der Waals surface area (Å²) in [7, 11) is 0. The third kappa shape index (κ3) is 3.46. The molecule has 0 aromatic carbocycles. The van der Waals surface area contributed by atoms with Crippen LogP contribution in [0.25, 0.3) is 0 Å². The first kappa shape index (κ1) is 8.88. The van der Waals surface area contributed by atoms with Crippen LogP contribution in [0.4, 0.5) is 0 Å². The Bertz CT molecular complexity index is 77.6. The maximum atomic E-state index is 9.18. The van der Waals surface area contributed by atoms with Gasteiger partial charge in [0.15, 0.2) is 0 Å². The molecule has 3 N–H and O–H groups in total. The van der Waals surface area contributed by atoms with Crippen LogP contribution in [0.3, 0.4) is 0 Å². The van der Waals surface area contributed by atoms with Gasteiger partial charge in [0.25, 0.3) is 0 Å². The summed E-state index contributed by atoms with van der Waals surface area (Å²) in [5.41, 5.74) is -0.140. The van der Waals surface area contributed by atoms with Gasteiger partial charge in [0.1, 0.15) is 0 Å². The number of hydrogen-bond donors (Lipinski definition) is 2. The minimum atomic E-state index is -0.484. The maximum Gasteiger partial charge on any atom is 0.0943 e. The highest BCUT2D eigenvalue weighted by molar-refractivity contribution is 4.71. The lowest BCUT2D eigenvalue weighted by Crippen LogP contribution is -2.31. The zero-order chi connectivity index (χ0) is 7.49. The summed E-state index contributed by atoms with van der Waals surface area (Å²) in [4.78, 5) is 4.28. The van der Waals surface area contributed by atoms with Crippen molar-refractivity contribution in [2.45, 2.75) is 26.9 Å². The number of aliphatic hydroxyl groups excluding tert-OH is 1. The summed E-state index contributed by atoms with van der Waals surface area (Å²) in [6.45, 7) is 5.98. The van der Waals surface area contributed by atoms with Gasteiger partial charge in [-0.25, -0.2) is 5.90 Å². The summed E-state index contributed by atoms with van der Waals surface area (Å²) in [6.07, 6.45) is -0.484. The number of nitrogens with two attached hydrogens (primary N) is 1. The SMILES string of the molecule is CC(C)(C)C(O)CON. The number of hydrogen-bond acceptors (Lipinski definition) is 3. The average Bonchev–Trinajstić information content (AvgIpc) is 1.64. The molecule has 0 heterocycles. The molecule has 0 aliphatic rings. The Balaban J connectivity index is 3.59. The van der Waals surface area contributed by atoms with E-state index >= 15 is 0 Å². The van der Waals surface area contributed by atoms with Gasteiger partial charge in [0.05, 0.1) is 12.7 Å². The van der Waals surface area contributed by atoms with E-state index < -0.39 is 6.10 Å². The molecule has 9 heavy (non-hydrogen) atoms.